The Labute approximate surface area is 152 Å². The Kier molecular flexibility index (Phi) is 5.19. The number of benzene rings is 2. The third-order valence-corrected chi connectivity index (χ3v) is 6.07. The maximum absolute atomic E-state index is 3.84. The maximum Gasteiger partial charge on any atom is -0.0155 e. The van der Waals surface area contributed by atoms with Crippen LogP contribution in [0.3, 0.4) is 0 Å². The summed E-state index contributed by atoms with van der Waals surface area (Å²) in [5.41, 5.74) is 10.1. The van der Waals surface area contributed by atoms with E-state index in [0.717, 1.165) is 11.8 Å². The van der Waals surface area contributed by atoms with E-state index in [9.17, 15) is 0 Å². The summed E-state index contributed by atoms with van der Waals surface area (Å²) in [7, 11) is 0. The van der Waals surface area contributed by atoms with Gasteiger partial charge in [-0.2, -0.15) is 0 Å². The summed E-state index contributed by atoms with van der Waals surface area (Å²) in [4.78, 5) is 0. The Morgan fingerprint density at radius 2 is 0.880 bits per heavy atom. The summed E-state index contributed by atoms with van der Waals surface area (Å²) >= 11 is 0. The van der Waals surface area contributed by atoms with Gasteiger partial charge in [-0.25, -0.2) is 0 Å². The fraction of sp³-hybridized carbons (Fsp3) is 0.400. The lowest BCUT2D eigenvalue weighted by atomic mass is 9.79. The van der Waals surface area contributed by atoms with Gasteiger partial charge in [0.1, 0.15) is 0 Å². The Morgan fingerprint density at radius 3 is 1.24 bits per heavy atom. The molecule has 2 aliphatic rings. The molecule has 0 saturated heterocycles. The van der Waals surface area contributed by atoms with E-state index in [1.165, 1.54) is 62.5 Å². The van der Waals surface area contributed by atoms with Crippen LogP contribution in [0.15, 0.2) is 77.5 Å². The molecule has 2 aromatic carbocycles. The lowest BCUT2D eigenvalue weighted by Gasteiger charge is -2.25. The van der Waals surface area contributed by atoms with Gasteiger partial charge in [-0.15, -0.1) is 5.73 Å². The average Bonchev–Trinajstić information content (AvgIpc) is 2.71. The van der Waals surface area contributed by atoms with Crippen LogP contribution in [0.4, 0.5) is 0 Å². The second kappa shape index (κ2) is 7.89. The SMILES string of the molecule is C(=C1CCC(c2ccccc2)CC1)=C1CCC(c2ccccc2)CC1. The molecule has 2 aliphatic carbocycles. The molecule has 0 amide bonds. The minimum atomic E-state index is 0.755. The topological polar surface area (TPSA) is 0 Å². The summed E-state index contributed by atoms with van der Waals surface area (Å²) in [6, 6.07) is 22.1. The Hall–Kier alpha value is -2.04. The molecular weight excluding hydrogens is 300 g/mol. The molecule has 0 N–H and O–H groups in total. The van der Waals surface area contributed by atoms with Crippen LogP contribution in [0.2, 0.25) is 0 Å². The van der Waals surface area contributed by atoms with E-state index in [1.807, 2.05) is 0 Å². The van der Waals surface area contributed by atoms with Crippen LogP contribution in [0.25, 0.3) is 0 Å². The standard InChI is InChI=1S/C25H28/c1-3-7-22(8-4-1)24-15-11-20(12-16-24)19-21-13-17-25(18-14-21)23-9-5-2-6-10-23/h1-10,24-25H,11-18H2. The van der Waals surface area contributed by atoms with E-state index >= 15 is 0 Å². The van der Waals surface area contributed by atoms with Gasteiger partial charge in [-0.05, 0) is 85.5 Å². The van der Waals surface area contributed by atoms with Crippen molar-refractivity contribution in [1.29, 1.82) is 0 Å². The van der Waals surface area contributed by atoms with Gasteiger partial charge in [0.05, 0.1) is 0 Å². The number of hydrogen-bond donors (Lipinski definition) is 0. The van der Waals surface area contributed by atoms with Crippen LogP contribution in [0, 0.1) is 0 Å². The first-order chi connectivity index (χ1) is 12.4. The predicted molar refractivity (Wildman–Crippen MR) is 106 cm³/mol. The fourth-order valence-electron chi connectivity index (χ4n) is 4.55. The summed E-state index contributed by atoms with van der Waals surface area (Å²) < 4.78 is 0. The van der Waals surface area contributed by atoms with E-state index in [2.05, 4.69) is 66.4 Å². The molecule has 0 aliphatic heterocycles. The first kappa shape index (κ1) is 16.4. The summed E-state index contributed by atoms with van der Waals surface area (Å²) in [6.07, 6.45) is 10.2. The van der Waals surface area contributed by atoms with Gasteiger partial charge in [0.25, 0.3) is 0 Å². The average molecular weight is 328 g/mol. The summed E-state index contributed by atoms with van der Waals surface area (Å²) in [5, 5.41) is 0. The molecule has 2 saturated carbocycles. The van der Waals surface area contributed by atoms with Gasteiger partial charge < -0.3 is 0 Å². The first-order valence-electron chi connectivity index (χ1n) is 9.95. The first-order valence-corrected chi connectivity index (χ1v) is 9.95. The molecule has 0 spiro atoms. The van der Waals surface area contributed by atoms with Crippen LogP contribution in [-0.4, -0.2) is 0 Å². The molecule has 0 aromatic heterocycles. The molecule has 0 atom stereocenters. The zero-order valence-corrected chi connectivity index (χ0v) is 15.1. The van der Waals surface area contributed by atoms with E-state index in [0.29, 0.717) is 0 Å². The van der Waals surface area contributed by atoms with Crippen LogP contribution in [0.5, 0.6) is 0 Å². The number of rotatable bonds is 2. The molecule has 0 radical (unpaired) electrons. The van der Waals surface area contributed by atoms with Crippen molar-refractivity contribution in [3.8, 4) is 0 Å². The lowest BCUT2D eigenvalue weighted by Crippen LogP contribution is -2.08. The third-order valence-electron chi connectivity index (χ3n) is 6.07. The van der Waals surface area contributed by atoms with Crippen LogP contribution in [-0.2, 0) is 0 Å². The molecule has 2 fully saturated rings. The van der Waals surface area contributed by atoms with Gasteiger partial charge in [0.15, 0.2) is 0 Å². The van der Waals surface area contributed by atoms with Crippen molar-refractivity contribution in [2.75, 3.05) is 0 Å². The van der Waals surface area contributed by atoms with Crippen molar-refractivity contribution in [1.82, 2.24) is 0 Å². The van der Waals surface area contributed by atoms with Gasteiger partial charge in [-0.1, -0.05) is 60.7 Å². The zero-order chi connectivity index (χ0) is 16.9. The monoisotopic (exact) mass is 328 g/mol. The fourth-order valence-corrected chi connectivity index (χ4v) is 4.55. The van der Waals surface area contributed by atoms with Gasteiger partial charge in [-0.3, -0.25) is 0 Å². The molecule has 0 heterocycles. The molecule has 0 heteroatoms. The molecule has 25 heavy (non-hydrogen) atoms. The highest BCUT2D eigenvalue weighted by Crippen LogP contribution is 2.37. The van der Waals surface area contributed by atoms with Gasteiger partial charge in [0, 0.05) is 0 Å². The largest absolute Gasteiger partial charge is 0.123 e. The highest BCUT2D eigenvalue weighted by atomic mass is 14.2. The van der Waals surface area contributed by atoms with E-state index < -0.39 is 0 Å². The second-order valence-corrected chi connectivity index (χ2v) is 7.70. The molecule has 0 bridgehead atoms. The quantitative estimate of drug-likeness (QED) is 0.513. The van der Waals surface area contributed by atoms with E-state index in [4.69, 9.17) is 0 Å². The summed E-state index contributed by atoms with van der Waals surface area (Å²) in [5.74, 6) is 1.51. The number of hydrogen-bond acceptors (Lipinski definition) is 0. The minimum Gasteiger partial charge on any atom is -0.123 e. The molecule has 0 unspecified atom stereocenters. The van der Waals surface area contributed by atoms with Crippen molar-refractivity contribution in [3.63, 3.8) is 0 Å². The highest BCUT2D eigenvalue weighted by Gasteiger charge is 2.20. The molecular formula is C25H28. The molecule has 0 nitrogen and oxygen atoms in total. The van der Waals surface area contributed by atoms with Crippen LogP contribution < -0.4 is 0 Å². The van der Waals surface area contributed by atoms with Crippen molar-refractivity contribution in [3.05, 3.63) is 88.7 Å². The Balaban J connectivity index is 1.36. The predicted octanol–water partition coefficient (Wildman–Crippen LogP) is 7.15. The van der Waals surface area contributed by atoms with Crippen LogP contribution >= 0.6 is 0 Å². The third kappa shape index (κ3) is 4.14. The van der Waals surface area contributed by atoms with Crippen molar-refractivity contribution in [2.24, 2.45) is 0 Å². The van der Waals surface area contributed by atoms with E-state index in [1.54, 1.807) is 11.1 Å². The lowest BCUT2D eigenvalue weighted by molar-refractivity contribution is 0.508. The Bertz CT molecular complexity index is 664. The van der Waals surface area contributed by atoms with E-state index in [-0.39, 0.29) is 0 Å². The Morgan fingerprint density at radius 1 is 0.520 bits per heavy atom. The highest BCUT2D eigenvalue weighted by molar-refractivity contribution is 5.24. The van der Waals surface area contributed by atoms with Crippen molar-refractivity contribution >= 4 is 0 Å². The van der Waals surface area contributed by atoms with Crippen molar-refractivity contribution < 1.29 is 0 Å². The normalized spacial score (nSPS) is 24.0. The molecule has 4 rings (SSSR count). The maximum atomic E-state index is 3.84. The molecule has 2 aromatic rings. The number of allylic oxidation sites excluding steroid dienone is 1. The van der Waals surface area contributed by atoms with Crippen molar-refractivity contribution in [2.45, 2.75) is 63.2 Å². The minimum absolute atomic E-state index is 0.755. The summed E-state index contributed by atoms with van der Waals surface area (Å²) in [6.45, 7) is 0. The van der Waals surface area contributed by atoms with Gasteiger partial charge in [0.2, 0.25) is 0 Å². The second-order valence-electron chi connectivity index (χ2n) is 7.70. The zero-order valence-electron chi connectivity index (χ0n) is 15.1. The van der Waals surface area contributed by atoms with Crippen LogP contribution in [0.1, 0.15) is 74.3 Å². The smallest absolute Gasteiger partial charge is 0.0155 e. The van der Waals surface area contributed by atoms with Gasteiger partial charge >= 0.3 is 0 Å². The molecule has 128 valence electrons.